The third-order valence-electron chi connectivity index (χ3n) is 3.26. The van der Waals surface area contributed by atoms with Gasteiger partial charge >= 0.3 is 0 Å². The predicted molar refractivity (Wildman–Crippen MR) is 72.9 cm³/mol. The van der Waals surface area contributed by atoms with Gasteiger partial charge in [0.2, 0.25) is 5.91 Å². The van der Waals surface area contributed by atoms with Gasteiger partial charge in [-0.25, -0.2) is 0 Å². The van der Waals surface area contributed by atoms with Crippen LogP contribution in [-0.4, -0.2) is 37.0 Å². The van der Waals surface area contributed by atoms with Gasteiger partial charge < -0.3 is 10.6 Å². The molecular weight excluding hydrogens is 220 g/mol. The number of carbonyl (C=O) groups is 1. The summed E-state index contributed by atoms with van der Waals surface area (Å²) in [6.07, 6.45) is 4.30. The molecule has 0 aliphatic carbocycles. The summed E-state index contributed by atoms with van der Waals surface area (Å²) in [7, 11) is 1.87. The van der Waals surface area contributed by atoms with Gasteiger partial charge in [0.1, 0.15) is 0 Å². The molecule has 1 unspecified atom stereocenters. The zero-order valence-corrected chi connectivity index (χ0v) is 12.0. The van der Waals surface area contributed by atoms with Crippen LogP contribution in [0.2, 0.25) is 0 Å². The van der Waals surface area contributed by atoms with Crippen LogP contribution < -0.4 is 10.6 Å². The van der Waals surface area contributed by atoms with Crippen LogP contribution in [0.4, 0.5) is 0 Å². The molecular formula is C12H26N2OS. The van der Waals surface area contributed by atoms with E-state index in [1.165, 1.54) is 0 Å². The van der Waals surface area contributed by atoms with Crippen LogP contribution in [0.1, 0.15) is 33.6 Å². The van der Waals surface area contributed by atoms with E-state index >= 15 is 0 Å². The van der Waals surface area contributed by atoms with E-state index in [-0.39, 0.29) is 16.6 Å². The van der Waals surface area contributed by atoms with Crippen molar-refractivity contribution in [3.8, 4) is 0 Å². The molecule has 0 radical (unpaired) electrons. The monoisotopic (exact) mass is 246 g/mol. The van der Waals surface area contributed by atoms with Gasteiger partial charge in [0, 0.05) is 23.8 Å². The fourth-order valence-electron chi connectivity index (χ4n) is 1.68. The van der Waals surface area contributed by atoms with Crippen LogP contribution in [0.25, 0.3) is 0 Å². The minimum atomic E-state index is 0.0401. The zero-order valence-electron chi connectivity index (χ0n) is 11.2. The molecule has 0 aliphatic heterocycles. The van der Waals surface area contributed by atoms with E-state index < -0.39 is 0 Å². The number of amides is 1. The molecule has 0 fully saturated rings. The summed E-state index contributed by atoms with van der Waals surface area (Å²) in [5.41, 5.74) is 0. The van der Waals surface area contributed by atoms with Crippen molar-refractivity contribution >= 4 is 17.7 Å². The van der Waals surface area contributed by atoms with Gasteiger partial charge in [-0.1, -0.05) is 20.8 Å². The molecule has 96 valence electrons. The van der Waals surface area contributed by atoms with E-state index in [1.54, 1.807) is 0 Å². The van der Waals surface area contributed by atoms with Crippen LogP contribution in [0.3, 0.4) is 0 Å². The number of thioether (sulfide) groups is 1. The van der Waals surface area contributed by atoms with E-state index in [0.717, 1.165) is 25.9 Å². The Hall–Kier alpha value is -0.220. The smallest absolute Gasteiger partial charge is 0.224 e. The molecule has 4 heteroatoms. The third kappa shape index (κ3) is 4.74. The molecule has 0 bridgehead atoms. The first-order valence-corrected chi connectivity index (χ1v) is 7.25. The van der Waals surface area contributed by atoms with Crippen LogP contribution in [-0.2, 0) is 4.79 Å². The minimum Gasteiger partial charge on any atom is -0.354 e. The molecule has 0 spiro atoms. The minimum absolute atomic E-state index is 0.0401. The summed E-state index contributed by atoms with van der Waals surface area (Å²) in [5, 5.41) is 6.08. The van der Waals surface area contributed by atoms with Crippen LogP contribution in [0.5, 0.6) is 0 Å². The Morgan fingerprint density at radius 1 is 1.38 bits per heavy atom. The maximum atomic E-state index is 11.8. The second-order valence-corrected chi connectivity index (χ2v) is 5.55. The second kappa shape index (κ2) is 7.96. The molecule has 1 amide bonds. The molecule has 0 aromatic heterocycles. The third-order valence-corrected chi connectivity index (χ3v) is 4.85. The summed E-state index contributed by atoms with van der Waals surface area (Å²) in [6, 6.07) is 0. The maximum Gasteiger partial charge on any atom is 0.224 e. The number of hydrogen-bond acceptors (Lipinski definition) is 3. The fourth-order valence-corrected chi connectivity index (χ4v) is 2.48. The average molecular weight is 246 g/mol. The highest BCUT2D eigenvalue weighted by molar-refractivity contribution is 8.00. The van der Waals surface area contributed by atoms with Crippen molar-refractivity contribution in [2.24, 2.45) is 5.92 Å². The summed E-state index contributed by atoms with van der Waals surface area (Å²) in [6.45, 7) is 7.82. The highest BCUT2D eigenvalue weighted by Crippen LogP contribution is 2.29. The lowest BCUT2D eigenvalue weighted by atomic mass is 10.0. The highest BCUT2D eigenvalue weighted by Gasteiger charge is 2.26. The summed E-state index contributed by atoms with van der Waals surface area (Å²) < 4.78 is 0.203. The Labute approximate surface area is 104 Å². The van der Waals surface area contributed by atoms with Gasteiger partial charge in [0.05, 0.1) is 0 Å². The molecule has 0 aromatic rings. The van der Waals surface area contributed by atoms with Crippen molar-refractivity contribution in [2.45, 2.75) is 38.4 Å². The fraction of sp³-hybridized carbons (Fsp3) is 0.917. The largest absolute Gasteiger partial charge is 0.354 e. The van der Waals surface area contributed by atoms with Crippen LogP contribution in [0, 0.1) is 5.92 Å². The Morgan fingerprint density at radius 2 is 1.94 bits per heavy atom. The Bertz CT molecular complexity index is 197. The lowest BCUT2D eigenvalue weighted by Crippen LogP contribution is -2.43. The quantitative estimate of drug-likeness (QED) is 0.687. The average Bonchev–Trinajstić information content (AvgIpc) is 2.31. The first-order chi connectivity index (χ1) is 7.55. The lowest BCUT2D eigenvalue weighted by molar-refractivity contribution is -0.124. The van der Waals surface area contributed by atoms with Gasteiger partial charge in [-0.2, -0.15) is 11.8 Å². The topological polar surface area (TPSA) is 41.1 Å². The van der Waals surface area contributed by atoms with E-state index in [0.29, 0.717) is 0 Å². The standard InChI is InChI=1S/C12H26N2OS/c1-6-12(7-2,16-5)9-14-11(15)10(3)8-13-4/h10,13H,6-9H2,1-5H3,(H,14,15). The maximum absolute atomic E-state index is 11.8. The van der Waals surface area contributed by atoms with Crippen molar-refractivity contribution in [3.05, 3.63) is 0 Å². The van der Waals surface area contributed by atoms with E-state index in [2.05, 4.69) is 30.7 Å². The molecule has 0 saturated heterocycles. The number of carbonyl (C=O) groups excluding carboxylic acids is 1. The SMILES string of the molecule is CCC(CC)(CNC(=O)C(C)CNC)SC. The highest BCUT2D eigenvalue weighted by atomic mass is 32.2. The van der Waals surface area contributed by atoms with Crippen molar-refractivity contribution in [1.29, 1.82) is 0 Å². The number of rotatable bonds is 8. The Kier molecular flexibility index (Phi) is 7.85. The normalized spacial score (nSPS) is 13.6. The lowest BCUT2D eigenvalue weighted by Gasteiger charge is -2.30. The molecule has 0 aromatic carbocycles. The van der Waals surface area contributed by atoms with Crippen LogP contribution in [0.15, 0.2) is 0 Å². The van der Waals surface area contributed by atoms with E-state index in [1.807, 2.05) is 25.7 Å². The summed E-state index contributed by atoms with van der Waals surface area (Å²) in [4.78, 5) is 11.8. The predicted octanol–water partition coefficient (Wildman–Crippen LogP) is 1.88. The summed E-state index contributed by atoms with van der Waals surface area (Å²) in [5.74, 6) is 0.188. The Morgan fingerprint density at radius 3 is 2.31 bits per heavy atom. The van der Waals surface area contributed by atoms with Gasteiger partial charge in [-0.3, -0.25) is 4.79 Å². The molecule has 0 rings (SSSR count). The molecule has 0 heterocycles. The van der Waals surface area contributed by atoms with Crippen LogP contribution >= 0.6 is 11.8 Å². The number of nitrogens with one attached hydrogen (secondary N) is 2. The molecule has 3 nitrogen and oxygen atoms in total. The Balaban J connectivity index is 4.15. The molecule has 2 N–H and O–H groups in total. The van der Waals surface area contributed by atoms with Crippen molar-refractivity contribution < 1.29 is 4.79 Å². The molecule has 16 heavy (non-hydrogen) atoms. The summed E-state index contributed by atoms with van der Waals surface area (Å²) >= 11 is 1.85. The van der Waals surface area contributed by atoms with Gasteiger partial charge in [-0.05, 0) is 26.1 Å². The zero-order chi connectivity index (χ0) is 12.6. The van der Waals surface area contributed by atoms with Crippen molar-refractivity contribution in [3.63, 3.8) is 0 Å². The molecule has 0 aliphatic rings. The van der Waals surface area contributed by atoms with Crippen molar-refractivity contribution in [1.82, 2.24) is 10.6 Å². The second-order valence-electron chi connectivity index (χ2n) is 4.27. The number of hydrogen-bond donors (Lipinski definition) is 2. The van der Waals surface area contributed by atoms with Gasteiger partial charge in [0.25, 0.3) is 0 Å². The van der Waals surface area contributed by atoms with Gasteiger partial charge in [0.15, 0.2) is 0 Å². The van der Waals surface area contributed by atoms with E-state index in [4.69, 9.17) is 0 Å². The molecule has 0 saturated carbocycles. The first kappa shape index (κ1) is 15.8. The van der Waals surface area contributed by atoms with E-state index in [9.17, 15) is 4.79 Å². The van der Waals surface area contributed by atoms with Gasteiger partial charge in [-0.15, -0.1) is 0 Å². The molecule has 1 atom stereocenters. The first-order valence-electron chi connectivity index (χ1n) is 6.02. The van der Waals surface area contributed by atoms with Crippen molar-refractivity contribution in [2.75, 3.05) is 26.4 Å².